The maximum absolute atomic E-state index is 8.12. The van der Waals surface area contributed by atoms with Gasteiger partial charge < -0.3 is 16.0 Å². The average molecular weight is 297 g/mol. The summed E-state index contributed by atoms with van der Waals surface area (Å²) in [7, 11) is 0. The second kappa shape index (κ2) is 7.30. The lowest BCUT2D eigenvalue weighted by atomic mass is 9.75. The summed E-state index contributed by atoms with van der Waals surface area (Å²) in [4.78, 5) is 0. The van der Waals surface area contributed by atoms with Crippen LogP contribution in [0.2, 0.25) is 0 Å². The first kappa shape index (κ1) is 16.3. The highest BCUT2D eigenvalue weighted by Crippen LogP contribution is 2.34. The maximum Gasteiger partial charge on any atom is 0.0733 e. The Morgan fingerprint density at radius 3 is 2.82 bits per heavy atom. The minimum atomic E-state index is 0.0319. The Morgan fingerprint density at radius 1 is 1.50 bits per heavy atom. The van der Waals surface area contributed by atoms with Gasteiger partial charge >= 0.3 is 0 Å². The topological polar surface area (TPSA) is 47.9 Å². The van der Waals surface area contributed by atoms with Gasteiger partial charge in [-0.2, -0.15) is 0 Å². The average Bonchev–Trinajstić information content (AvgIpc) is 2.48. The van der Waals surface area contributed by atoms with E-state index in [0.717, 1.165) is 30.5 Å². The molecule has 1 unspecified atom stereocenters. The predicted octanol–water partition coefficient (Wildman–Crippen LogP) is 3.84. The highest BCUT2D eigenvalue weighted by Gasteiger charge is 2.29. The quantitative estimate of drug-likeness (QED) is 0.494. The SMILES string of the molecule is C=CC(=N)/C(=C\NC1CC(C(=C)CC)C1)C1C=CC=C(C)N1. The molecule has 0 spiro atoms. The summed E-state index contributed by atoms with van der Waals surface area (Å²) in [5.41, 5.74) is 3.85. The fraction of sp³-hybridized carbons (Fsp3) is 0.421. The fourth-order valence-corrected chi connectivity index (χ4v) is 2.87. The number of hydrogen-bond acceptors (Lipinski definition) is 3. The molecule has 1 atom stereocenters. The van der Waals surface area contributed by atoms with E-state index in [1.807, 2.05) is 25.3 Å². The van der Waals surface area contributed by atoms with Crippen molar-refractivity contribution in [1.82, 2.24) is 10.6 Å². The molecule has 1 saturated carbocycles. The molecule has 3 heteroatoms. The van der Waals surface area contributed by atoms with Crippen LogP contribution in [0, 0.1) is 11.3 Å². The Balaban J connectivity index is 1.97. The Labute approximate surface area is 134 Å². The van der Waals surface area contributed by atoms with Crippen molar-refractivity contribution in [3.63, 3.8) is 0 Å². The smallest absolute Gasteiger partial charge is 0.0733 e. The van der Waals surface area contributed by atoms with Crippen molar-refractivity contribution in [2.45, 2.75) is 45.2 Å². The molecule has 0 aromatic heterocycles. The second-order valence-electron chi connectivity index (χ2n) is 6.12. The van der Waals surface area contributed by atoms with Gasteiger partial charge in [0.2, 0.25) is 0 Å². The summed E-state index contributed by atoms with van der Waals surface area (Å²) < 4.78 is 0. The Morgan fingerprint density at radius 2 is 2.23 bits per heavy atom. The van der Waals surface area contributed by atoms with Crippen LogP contribution in [0.3, 0.4) is 0 Å². The third-order valence-corrected chi connectivity index (χ3v) is 4.53. The Hall–Kier alpha value is -2.03. The van der Waals surface area contributed by atoms with Gasteiger partial charge in [-0.15, -0.1) is 0 Å². The zero-order chi connectivity index (χ0) is 16.1. The van der Waals surface area contributed by atoms with Crippen LogP contribution in [0.5, 0.6) is 0 Å². The van der Waals surface area contributed by atoms with E-state index in [2.05, 4.69) is 36.8 Å². The van der Waals surface area contributed by atoms with E-state index in [1.165, 1.54) is 5.57 Å². The van der Waals surface area contributed by atoms with Crippen LogP contribution in [0.1, 0.15) is 33.1 Å². The molecular formula is C19H27N3. The van der Waals surface area contributed by atoms with Gasteiger partial charge in [0, 0.05) is 23.5 Å². The second-order valence-corrected chi connectivity index (χ2v) is 6.12. The van der Waals surface area contributed by atoms with Crippen molar-refractivity contribution in [2.24, 2.45) is 5.92 Å². The highest BCUT2D eigenvalue weighted by molar-refractivity contribution is 6.07. The molecule has 0 saturated heterocycles. The molecule has 0 amide bonds. The zero-order valence-electron chi connectivity index (χ0n) is 13.7. The van der Waals surface area contributed by atoms with Gasteiger partial charge in [0.05, 0.1) is 11.8 Å². The van der Waals surface area contributed by atoms with Crippen LogP contribution < -0.4 is 10.6 Å². The summed E-state index contributed by atoms with van der Waals surface area (Å²) in [5.74, 6) is 0.663. The minimum absolute atomic E-state index is 0.0319. The molecule has 1 heterocycles. The summed E-state index contributed by atoms with van der Waals surface area (Å²) in [5, 5.41) is 15.0. The minimum Gasteiger partial charge on any atom is -0.388 e. The van der Waals surface area contributed by atoms with E-state index in [0.29, 0.717) is 17.7 Å². The van der Waals surface area contributed by atoms with Crippen molar-refractivity contribution in [3.05, 3.63) is 60.5 Å². The van der Waals surface area contributed by atoms with Gasteiger partial charge in [0.15, 0.2) is 0 Å². The van der Waals surface area contributed by atoms with Crippen LogP contribution in [0.15, 0.2) is 60.5 Å². The molecule has 22 heavy (non-hydrogen) atoms. The molecule has 0 radical (unpaired) electrons. The largest absolute Gasteiger partial charge is 0.388 e. The predicted molar refractivity (Wildman–Crippen MR) is 94.9 cm³/mol. The molecule has 0 aromatic rings. The highest BCUT2D eigenvalue weighted by atomic mass is 15.0. The number of allylic oxidation sites excluding steroid dienone is 5. The van der Waals surface area contributed by atoms with E-state index < -0.39 is 0 Å². The van der Waals surface area contributed by atoms with Gasteiger partial charge in [0.1, 0.15) is 0 Å². The third-order valence-electron chi connectivity index (χ3n) is 4.53. The van der Waals surface area contributed by atoms with Crippen molar-refractivity contribution < 1.29 is 0 Å². The third kappa shape index (κ3) is 3.79. The molecule has 1 aliphatic heterocycles. The van der Waals surface area contributed by atoms with Crippen molar-refractivity contribution in [3.8, 4) is 0 Å². The molecule has 2 aliphatic rings. The fourth-order valence-electron chi connectivity index (χ4n) is 2.87. The normalized spacial score (nSPS) is 27.3. The molecule has 0 bridgehead atoms. The molecular weight excluding hydrogens is 270 g/mol. The van der Waals surface area contributed by atoms with E-state index in [4.69, 9.17) is 5.41 Å². The maximum atomic E-state index is 8.12. The van der Waals surface area contributed by atoms with Crippen molar-refractivity contribution in [1.29, 1.82) is 5.41 Å². The van der Waals surface area contributed by atoms with Crippen LogP contribution in [0.4, 0.5) is 0 Å². The monoisotopic (exact) mass is 297 g/mol. The first-order chi connectivity index (χ1) is 10.5. The molecule has 0 aromatic carbocycles. The lowest BCUT2D eigenvalue weighted by Crippen LogP contribution is -2.40. The van der Waals surface area contributed by atoms with Gasteiger partial charge in [-0.1, -0.05) is 37.8 Å². The molecule has 1 aliphatic carbocycles. The van der Waals surface area contributed by atoms with Crippen LogP contribution in [0.25, 0.3) is 0 Å². The lowest BCUT2D eigenvalue weighted by Gasteiger charge is -2.37. The summed E-state index contributed by atoms with van der Waals surface area (Å²) in [6.07, 6.45) is 13.1. The van der Waals surface area contributed by atoms with Crippen LogP contribution >= 0.6 is 0 Å². The van der Waals surface area contributed by atoms with Gasteiger partial charge in [-0.05, 0) is 44.3 Å². The van der Waals surface area contributed by atoms with Crippen LogP contribution in [-0.4, -0.2) is 17.8 Å². The first-order valence-corrected chi connectivity index (χ1v) is 8.01. The summed E-state index contributed by atoms with van der Waals surface area (Å²) >= 11 is 0. The summed E-state index contributed by atoms with van der Waals surface area (Å²) in [6.45, 7) is 12.1. The lowest BCUT2D eigenvalue weighted by molar-refractivity contribution is 0.273. The molecule has 3 nitrogen and oxygen atoms in total. The van der Waals surface area contributed by atoms with E-state index in [1.54, 1.807) is 6.08 Å². The number of rotatable bonds is 7. The molecule has 118 valence electrons. The molecule has 2 rings (SSSR count). The molecule has 3 N–H and O–H groups in total. The Kier molecular flexibility index (Phi) is 5.42. The number of dihydropyridines is 1. The van der Waals surface area contributed by atoms with E-state index >= 15 is 0 Å². The van der Waals surface area contributed by atoms with Crippen molar-refractivity contribution >= 4 is 5.71 Å². The number of hydrogen-bond donors (Lipinski definition) is 3. The van der Waals surface area contributed by atoms with E-state index in [9.17, 15) is 0 Å². The van der Waals surface area contributed by atoms with Gasteiger partial charge in [0.25, 0.3) is 0 Å². The van der Waals surface area contributed by atoms with Gasteiger partial charge in [-0.3, -0.25) is 0 Å². The van der Waals surface area contributed by atoms with Crippen LogP contribution in [-0.2, 0) is 0 Å². The van der Waals surface area contributed by atoms with Gasteiger partial charge in [-0.25, -0.2) is 0 Å². The Bertz CT molecular complexity index is 545. The van der Waals surface area contributed by atoms with E-state index in [-0.39, 0.29) is 6.04 Å². The first-order valence-electron chi connectivity index (χ1n) is 8.01. The van der Waals surface area contributed by atoms with Crippen molar-refractivity contribution in [2.75, 3.05) is 0 Å². The number of nitrogens with one attached hydrogen (secondary N) is 3. The summed E-state index contributed by atoms with van der Waals surface area (Å²) in [6, 6.07) is 0.523. The standard InChI is InChI=1S/C19H27N3/c1-5-13(3)15-10-16(11-15)21-12-17(18(20)6-2)19-9-7-8-14(4)22-19/h6-9,12,15-16,19-22H,2-3,5,10-11H2,1,4H3/b17-12+,20-18?. The zero-order valence-corrected chi connectivity index (χ0v) is 13.7. The molecule has 1 fully saturated rings.